The molecule has 17 heavy (non-hydrogen) atoms. The molecule has 1 aromatic heterocycles. The molecule has 0 amide bonds. The van der Waals surface area contributed by atoms with Gasteiger partial charge in [0.05, 0.1) is 6.54 Å². The summed E-state index contributed by atoms with van der Waals surface area (Å²) >= 11 is 0. The van der Waals surface area contributed by atoms with Gasteiger partial charge in [-0.1, -0.05) is 18.9 Å². The second kappa shape index (κ2) is 6.00. The summed E-state index contributed by atoms with van der Waals surface area (Å²) in [6.45, 7) is 7.88. The van der Waals surface area contributed by atoms with Crippen LogP contribution >= 0.6 is 0 Å². The zero-order valence-electron chi connectivity index (χ0n) is 10.8. The Kier molecular flexibility index (Phi) is 4.36. The minimum absolute atomic E-state index is 0.660. The van der Waals surface area contributed by atoms with Crippen LogP contribution in [0.4, 0.5) is 6.01 Å². The summed E-state index contributed by atoms with van der Waals surface area (Å²) in [5, 5.41) is 11.4. The molecular formula is C12H22N4O. The van der Waals surface area contributed by atoms with Gasteiger partial charge in [0.2, 0.25) is 5.89 Å². The van der Waals surface area contributed by atoms with Gasteiger partial charge >= 0.3 is 6.01 Å². The summed E-state index contributed by atoms with van der Waals surface area (Å²) in [5.74, 6) is 1.52. The molecule has 1 saturated carbocycles. The maximum Gasteiger partial charge on any atom is 0.318 e. The first-order valence-electron chi connectivity index (χ1n) is 6.61. The van der Waals surface area contributed by atoms with Crippen LogP contribution in [0.5, 0.6) is 0 Å². The lowest BCUT2D eigenvalue weighted by molar-refractivity contribution is 0.460. The van der Waals surface area contributed by atoms with Crippen LogP contribution in [-0.4, -0.2) is 29.8 Å². The van der Waals surface area contributed by atoms with Crippen LogP contribution in [-0.2, 0) is 6.54 Å². The molecule has 1 aliphatic rings. The fourth-order valence-corrected chi connectivity index (χ4v) is 1.82. The highest BCUT2D eigenvalue weighted by atomic mass is 16.4. The second-order valence-electron chi connectivity index (χ2n) is 4.65. The van der Waals surface area contributed by atoms with E-state index in [0.717, 1.165) is 32.0 Å². The van der Waals surface area contributed by atoms with Gasteiger partial charge in [-0.2, -0.15) is 0 Å². The van der Waals surface area contributed by atoms with Gasteiger partial charge in [-0.15, -0.1) is 5.10 Å². The molecule has 1 aromatic rings. The topological polar surface area (TPSA) is 54.2 Å². The van der Waals surface area contributed by atoms with Gasteiger partial charge in [0.25, 0.3) is 0 Å². The van der Waals surface area contributed by atoms with Crippen molar-refractivity contribution in [2.45, 2.75) is 39.7 Å². The van der Waals surface area contributed by atoms with E-state index >= 15 is 0 Å². The van der Waals surface area contributed by atoms with Crippen molar-refractivity contribution in [3.05, 3.63) is 5.89 Å². The van der Waals surface area contributed by atoms with E-state index in [-0.39, 0.29) is 0 Å². The van der Waals surface area contributed by atoms with Crippen LogP contribution in [0.2, 0.25) is 0 Å². The molecule has 1 N–H and O–H groups in total. The van der Waals surface area contributed by atoms with E-state index in [0.29, 0.717) is 18.5 Å². The van der Waals surface area contributed by atoms with Gasteiger partial charge in [0, 0.05) is 13.1 Å². The van der Waals surface area contributed by atoms with Crippen molar-refractivity contribution in [1.29, 1.82) is 0 Å². The first kappa shape index (κ1) is 12.4. The number of nitrogens with one attached hydrogen (secondary N) is 1. The SMILES string of the molecule is CCCN(CC1CC1)c1nnc(CNCC)o1. The maximum absolute atomic E-state index is 5.67. The highest BCUT2D eigenvalue weighted by molar-refractivity contribution is 5.24. The minimum Gasteiger partial charge on any atom is -0.407 e. The highest BCUT2D eigenvalue weighted by Crippen LogP contribution is 2.31. The van der Waals surface area contributed by atoms with Crippen LogP contribution in [0.15, 0.2) is 4.42 Å². The number of anilines is 1. The van der Waals surface area contributed by atoms with Crippen molar-refractivity contribution in [3.8, 4) is 0 Å². The Morgan fingerprint density at radius 1 is 1.35 bits per heavy atom. The van der Waals surface area contributed by atoms with Gasteiger partial charge in [0.1, 0.15) is 0 Å². The average molecular weight is 238 g/mol. The number of nitrogens with zero attached hydrogens (tertiary/aromatic N) is 3. The third-order valence-electron chi connectivity index (χ3n) is 2.92. The molecule has 0 radical (unpaired) electrons. The molecule has 5 nitrogen and oxygen atoms in total. The molecule has 2 rings (SSSR count). The normalized spacial score (nSPS) is 15.2. The van der Waals surface area contributed by atoms with Crippen molar-refractivity contribution in [2.24, 2.45) is 5.92 Å². The lowest BCUT2D eigenvalue weighted by Crippen LogP contribution is -2.26. The molecule has 5 heteroatoms. The Hall–Kier alpha value is -1.10. The van der Waals surface area contributed by atoms with Gasteiger partial charge in [-0.25, -0.2) is 0 Å². The van der Waals surface area contributed by atoms with Gasteiger partial charge in [0.15, 0.2) is 0 Å². The smallest absolute Gasteiger partial charge is 0.318 e. The van der Waals surface area contributed by atoms with Crippen LogP contribution < -0.4 is 10.2 Å². The molecule has 96 valence electrons. The predicted octanol–water partition coefficient (Wildman–Crippen LogP) is 1.81. The molecule has 1 aliphatic carbocycles. The van der Waals surface area contributed by atoms with Gasteiger partial charge in [-0.05, 0) is 31.7 Å². The van der Waals surface area contributed by atoms with E-state index < -0.39 is 0 Å². The third kappa shape index (κ3) is 3.70. The van der Waals surface area contributed by atoms with E-state index in [1.807, 2.05) is 0 Å². The van der Waals surface area contributed by atoms with Crippen molar-refractivity contribution in [2.75, 3.05) is 24.5 Å². The maximum atomic E-state index is 5.67. The molecule has 0 bridgehead atoms. The number of rotatable bonds is 8. The summed E-state index contributed by atoms with van der Waals surface area (Å²) in [5.41, 5.74) is 0. The molecule has 1 heterocycles. The van der Waals surface area contributed by atoms with Crippen LogP contribution in [0.25, 0.3) is 0 Å². The van der Waals surface area contributed by atoms with Crippen molar-refractivity contribution in [1.82, 2.24) is 15.5 Å². The van der Waals surface area contributed by atoms with Crippen LogP contribution in [0, 0.1) is 5.92 Å². The van der Waals surface area contributed by atoms with E-state index in [9.17, 15) is 0 Å². The molecule has 0 aromatic carbocycles. The Labute approximate surface area is 103 Å². The second-order valence-corrected chi connectivity index (χ2v) is 4.65. The Balaban J connectivity index is 1.93. The van der Waals surface area contributed by atoms with Crippen LogP contribution in [0.3, 0.4) is 0 Å². The molecule has 0 unspecified atom stereocenters. The quantitative estimate of drug-likeness (QED) is 0.748. The minimum atomic E-state index is 0.660. The van der Waals surface area contributed by atoms with Crippen molar-refractivity contribution >= 4 is 6.01 Å². The summed E-state index contributed by atoms with van der Waals surface area (Å²) in [4.78, 5) is 2.22. The summed E-state index contributed by atoms with van der Waals surface area (Å²) in [7, 11) is 0. The fourth-order valence-electron chi connectivity index (χ4n) is 1.82. The van der Waals surface area contributed by atoms with E-state index in [4.69, 9.17) is 4.42 Å². The molecule has 0 saturated heterocycles. The molecule has 1 fully saturated rings. The summed E-state index contributed by atoms with van der Waals surface area (Å²) in [6.07, 6.45) is 3.80. The molecular weight excluding hydrogens is 216 g/mol. The Bertz CT molecular complexity index is 335. The first-order chi connectivity index (χ1) is 8.33. The Morgan fingerprint density at radius 2 is 2.18 bits per heavy atom. The molecule has 0 atom stereocenters. The van der Waals surface area contributed by atoms with E-state index in [2.05, 4.69) is 34.3 Å². The van der Waals surface area contributed by atoms with Gasteiger partial charge in [-0.3, -0.25) is 0 Å². The van der Waals surface area contributed by atoms with Crippen molar-refractivity contribution in [3.63, 3.8) is 0 Å². The zero-order valence-corrected chi connectivity index (χ0v) is 10.8. The number of hydrogen-bond donors (Lipinski definition) is 1. The first-order valence-corrected chi connectivity index (χ1v) is 6.61. The summed E-state index contributed by atoms with van der Waals surface area (Å²) in [6, 6.07) is 0.687. The van der Waals surface area contributed by atoms with E-state index in [1.165, 1.54) is 12.8 Å². The molecule has 0 spiro atoms. The lowest BCUT2D eigenvalue weighted by Gasteiger charge is -2.18. The number of hydrogen-bond acceptors (Lipinski definition) is 5. The average Bonchev–Trinajstić information content (AvgIpc) is 3.03. The standard InChI is InChI=1S/C12H22N4O/c1-3-7-16(9-10-5-6-10)12-15-14-11(17-12)8-13-4-2/h10,13H,3-9H2,1-2H3. The molecule has 0 aliphatic heterocycles. The highest BCUT2D eigenvalue weighted by Gasteiger charge is 2.26. The van der Waals surface area contributed by atoms with E-state index in [1.54, 1.807) is 0 Å². The zero-order chi connectivity index (χ0) is 12.1. The van der Waals surface area contributed by atoms with Crippen molar-refractivity contribution < 1.29 is 4.42 Å². The Morgan fingerprint density at radius 3 is 2.82 bits per heavy atom. The monoisotopic (exact) mass is 238 g/mol. The lowest BCUT2D eigenvalue weighted by atomic mass is 10.3. The van der Waals surface area contributed by atoms with Gasteiger partial charge < -0.3 is 14.6 Å². The predicted molar refractivity (Wildman–Crippen MR) is 66.9 cm³/mol. The summed E-state index contributed by atoms with van der Waals surface area (Å²) < 4.78 is 5.67. The third-order valence-corrected chi connectivity index (χ3v) is 2.92. The fraction of sp³-hybridized carbons (Fsp3) is 0.833. The van der Waals surface area contributed by atoms with Crippen LogP contribution in [0.1, 0.15) is 39.0 Å². The largest absolute Gasteiger partial charge is 0.407 e. The number of aromatic nitrogens is 2.